The molecule has 142 valence electrons. The number of morpholine rings is 1. The first kappa shape index (κ1) is 18.1. The summed E-state index contributed by atoms with van der Waals surface area (Å²) in [5.74, 6) is 2.80. The molecule has 3 heterocycles. The molecular formula is C21H26N4O2. The molecule has 4 rings (SSSR count). The van der Waals surface area contributed by atoms with Gasteiger partial charge in [0.05, 0.1) is 18.8 Å². The molecule has 1 amide bonds. The lowest BCUT2D eigenvalue weighted by molar-refractivity contribution is -0.130. The first-order valence-corrected chi connectivity index (χ1v) is 9.74. The van der Waals surface area contributed by atoms with E-state index in [-0.39, 0.29) is 23.7 Å². The van der Waals surface area contributed by atoms with Gasteiger partial charge in [0.1, 0.15) is 0 Å². The highest BCUT2D eigenvalue weighted by Gasteiger charge is 2.43. The molecule has 3 aliphatic rings. The number of likely N-dealkylation sites (tertiary alicyclic amines) is 1. The molecule has 0 radical (unpaired) electrons. The van der Waals surface area contributed by atoms with Gasteiger partial charge in [-0.05, 0) is 5.56 Å². The van der Waals surface area contributed by atoms with Crippen LogP contribution in [0.25, 0.3) is 0 Å². The maximum Gasteiger partial charge on any atom is 0.222 e. The molecule has 0 spiro atoms. The smallest absolute Gasteiger partial charge is 0.222 e. The second-order valence-corrected chi connectivity index (χ2v) is 7.62. The molecule has 1 aromatic carbocycles. The van der Waals surface area contributed by atoms with Crippen LogP contribution in [0, 0.1) is 12.3 Å². The number of hydrogen-bond acceptors (Lipinski definition) is 5. The summed E-state index contributed by atoms with van der Waals surface area (Å²) in [6.07, 6.45) is 7.96. The minimum Gasteiger partial charge on any atom is -0.373 e. The molecule has 0 bridgehead atoms. The van der Waals surface area contributed by atoms with Crippen molar-refractivity contribution < 1.29 is 9.53 Å². The molecule has 6 heteroatoms. The van der Waals surface area contributed by atoms with Gasteiger partial charge < -0.3 is 9.64 Å². The molecule has 1 aromatic rings. The fourth-order valence-corrected chi connectivity index (χ4v) is 4.11. The fourth-order valence-electron chi connectivity index (χ4n) is 4.11. The Morgan fingerprint density at radius 2 is 2.07 bits per heavy atom. The normalized spacial score (nSPS) is 25.8. The topological polar surface area (TPSA) is 57.5 Å². The van der Waals surface area contributed by atoms with E-state index in [0.29, 0.717) is 25.8 Å². The quantitative estimate of drug-likeness (QED) is 0.697. The second kappa shape index (κ2) is 7.79. The lowest BCUT2D eigenvalue weighted by Crippen LogP contribution is -2.50. The van der Waals surface area contributed by atoms with Crippen LogP contribution in [0.5, 0.6) is 0 Å². The second-order valence-electron chi connectivity index (χ2n) is 7.62. The average Bonchev–Trinajstić information content (AvgIpc) is 3.33. The van der Waals surface area contributed by atoms with E-state index in [2.05, 4.69) is 45.3 Å². The molecule has 2 fully saturated rings. The number of carbonyl (C=O) groups excluding carboxylic acids is 1. The maximum atomic E-state index is 12.7. The van der Waals surface area contributed by atoms with Gasteiger partial charge in [-0.2, -0.15) is 10.2 Å². The van der Waals surface area contributed by atoms with Crippen molar-refractivity contribution in [3.05, 3.63) is 35.9 Å². The van der Waals surface area contributed by atoms with Crippen molar-refractivity contribution in [1.82, 2.24) is 9.80 Å². The Morgan fingerprint density at radius 1 is 1.26 bits per heavy atom. The first-order valence-electron chi connectivity index (χ1n) is 9.74. The molecule has 6 nitrogen and oxygen atoms in total. The standard InChI is InChI=1S/C21H26N4O2/c1-2-3-10-21(22-23-21)11-9-20(26)25-15-18-19(16-25)27-13-12-24(18)14-17-7-5-4-6-8-17/h1,4-8,18-19H,3,9-16H2/t18-,19+/m1/s1. The maximum absolute atomic E-state index is 12.7. The van der Waals surface area contributed by atoms with Gasteiger partial charge >= 0.3 is 0 Å². The van der Waals surface area contributed by atoms with E-state index in [9.17, 15) is 4.79 Å². The van der Waals surface area contributed by atoms with Gasteiger partial charge in [0.2, 0.25) is 5.91 Å². The average molecular weight is 366 g/mol. The Balaban J connectivity index is 1.31. The van der Waals surface area contributed by atoms with Crippen LogP contribution in [0.4, 0.5) is 0 Å². The monoisotopic (exact) mass is 366 g/mol. The Kier molecular flexibility index (Phi) is 5.24. The Bertz CT molecular complexity index is 736. The first-order chi connectivity index (χ1) is 13.2. The Morgan fingerprint density at radius 3 is 2.81 bits per heavy atom. The zero-order chi connectivity index (χ0) is 18.7. The molecule has 2 atom stereocenters. The number of ether oxygens (including phenoxy) is 1. The van der Waals surface area contributed by atoms with Gasteiger partial charge in [-0.15, -0.1) is 12.3 Å². The molecule has 3 aliphatic heterocycles. The van der Waals surface area contributed by atoms with E-state index >= 15 is 0 Å². The number of amides is 1. The van der Waals surface area contributed by atoms with Crippen LogP contribution in [0.2, 0.25) is 0 Å². The molecule has 0 aromatic heterocycles. The van der Waals surface area contributed by atoms with Crippen LogP contribution in [0.3, 0.4) is 0 Å². The van der Waals surface area contributed by atoms with Crippen LogP contribution in [0.15, 0.2) is 40.6 Å². The summed E-state index contributed by atoms with van der Waals surface area (Å²) in [6.45, 7) is 3.96. The fraction of sp³-hybridized carbons (Fsp3) is 0.571. The van der Waals surface area contributed by atoms with E-state index in [1.807, 2.05) is 11.0 Å². The summed E-state index contributed by atoms with van der Waals surface area (Å²) in [7, 11) is 0. The van der Waals surface area contributed by atoms with E-state index in [1.165, 1.54) is 5.56 Å². The van der Waals surface area contributed by atoms with Crippen molar-refractivity contribution in [3.63, 3.8) is 0 Å². The van der Waals surface area contributed by atoms with Gasteiger partial charge in [-0.3, -0.25) is 9.69 Å². The summed E-state index contributed by atoms with van der Waals surface area (Å²) in [5, 5.41) is 8.25. The highest BCUT2D eigenvalue weighted by molar-refractivity contribution is 5.76. The zero-order valence-electron chi connectivity index (χ0n) is 15.6. The Hall–Kier alpha value is -2.23. The third-order valence-corrected chi connectivity index (χ3v) is 5.79. The Labute approximate surface area is 160 Å². The summed E-state index contributed by atoms with van der Waals surface area (Å²) >= 11 is 0. The van der Waals surface area contributed by atoms with Crippen LogP contribution < -0.4 is 0 Å². The largest absolute Gasteiger partial charge is 0.373 e. The van der Waals surface area contributed by atoms with Crippen molar-refractivity contribution in [2.24, 2.45) is 10.2 Å². The highest BCUT2D eigenvalue weighted by atomic mass is 16.5. The molecule has 2 saturated heterocycles. The molecular weight excluding hydrogens is 340 g/mol. The van der Waals surface area contributed by atoms with Crippen molar-refractivity contribution in [2.75, 3.05) is 26.2 Å². The summed E-state index contributed by atoms with van der Waals surface area (Å²) in [4.78, 5) is 17.1. The van der Waals surface area contributed by atoms with Crippen LogP contribution in [-0.4, -0.2) is 59.8 Å². The number of terminal acetylenes is 1. The number of rotatable bonds is 7. The minimum atomic E-state index is -0.385. The molecule has 0 N–H and O–H groups in total. The minimum absolute atomic E-state index is 0.108. The van der Waals surface area contributed by atoms with Crippen LogP contribution in [-0.2, 0) is 16.1 Å². The van der Waals surface area contributed by atoms with Crippen LogP contribution >= 0.6 is 0 Å². The van der Waals surface area contributed by atoms with Crippen LogP contribution in [0.1, 0.15) is 31.2 Å². The van der Waals surface area contributed by atoms with E-state index in [0.717, 1.165) is 32.7 Å². The molecule has 27 heavy (non-hydrogen) atoms. The third kappa shape index (κ3) is 4.20. The number of fused-ring (bicyclic) bond motifs is 1. The predicted molar refractivity (Wildman–Crippen MR) is 102 cm³/mol. The number of nitrogens with zero attached hydrogens (tertiary/aromatic N) is 4. The van der Waals surface area contributed by atoms with Crippen molar-refractivity contribution in [3.8, 4) is 12.3 Å². The summed E-state index contributed by atoms with van der Waals surface area (Å²) in [6, 6.07) is 10.8. The van der Waals surface area contributed by atoms with Gasteiger partial charge in [0.15, 0.2) is 5.66 Å². The number of carbonyl (C=O) groups is 1. The lowest BCUT2D eigenvalue weighted by atomic mass is 10.0. The van der Waals surface area contributed by atoms with E-state index < -0.39 is 0 Å². The number of benzene rings is 1. The van der Waals surface area contributed by atoms with Gasteiger partial charge in [0, 0.05) is 51.9 Å². The summed E-state index contributed by atoms with van der Waals surface area (Å²) < 4.78 is 5.97. The van der Waals surface area contributed by atoms with Gasteiger partial charge in [-0.1, -0.05) is 30.3 Å². The van der Waals surface area contributed by atoms with Crippen molar-refractivity contribution in [2.45, 2.75) is 50.0 Å². The highest BCUT2D eigenvalue weighted by Crippen LogP contribution is 2.38. The molecule has 0 unspecified atom stereocenters. The zero-order valence-corrected chi connectivity index (χ0v) is 15.6. The van der Waals surface area contributed by atoms with E-state index in [1.54, 1.807) is 0 Å². The van der Waals surface area contributed by atoms with Crippen molar-refractivity contribution in [1.29, 1.82) is 0 Å². The van der Waals surface area contributed by atoms with E-state index in [4.69, 9.17) is 11.2 Å². The summed E-state index contributed by atoms with van der Waals surface area (Å²) in [5.41, 5.74) is 0.917. The predicted octanol–water partition coefficient (Wildman–Crippen LogP) is 2.45. The lowest BCUT2D eigenvalue weighted by Gasteiger charge is -2.36. The molecule has 0 aliphatic carbocycles. The molecule has 0 saturated carbocycles. The number of hydrogen-bond donors (Lipinski definition) is 0. The van der Waals surface area contributed by atoms with Gasteiger partial charge in [-0.25, -0.2) is 0 Å². The SMILES string of the molecule is C#CCCC1(CCC(=O)N2C[C@@H]3OCCN(Cc4ccccc4)[C@@H]3C2)N=N1. The van der Waals surface area contributed by atoms with Gasteiger partial charge in [0.25, 0.3) is 0 Å². The van der Waals surface area contributed by atoms with Crippen molar-refractivity contribution >= 4 is 5.91 Å². The third-order valence-electron chi connectivity index (χ3n) is 5.79.